The van der Waals surface area contributed by atoms with Gasteiger partial charge in [-0.1, -0.05) is 23.5 Å². The van der Waals surface area contributed by atoms with E-state index in [2.05, 4.69) is 9.97 Å². The summed E-state index contributed by atoms with van der Waals surface area (Å²) in [4.78, 5) is 21.4. The Kier molecular flexibility index (Phi) is 4.95. The van der Waals surface area contributed by atoms with E-state index in [1.54, 1.807) is 18.3 Å². The zero-order chi connectivity index (χ0) is 17.8. The summed E-state index contributed by atoms with van der Waals surface area (Å²) in [6.07, 6.45) is 1.76. The molecule has 0 radical (unpaired) electrons. The fourth-order valence-electron chi connectivity index (χ4n) is 2.11. The largest absolute Gasteiger partial charge is 0.457 e. The van der Waals surface area contributed by atoms with E-state index >= 15 is 0 Å². The van der Waals surface area contributed by atoms with Crippen LogP contribution in [0, 0.1) is 13.8 Å². The van der Waals surface area contributed by atoms with Crippen LogP contribution in [-0.2, 0) is 11.3 Å². The van der Waals surface area contributed by atoms with Gasteiger partial charge in [0.2, 0.25) is 0 Å². The topological polar surface area (TPSA) is 87.3 Å². The number of hydrogen-bond donors (Lipinski definition) is 1. The first kappa shape index (κ1) is 16.9. The minimum atomic E-state index is -0.497. The molecule has 0 bridgehead atoms. The lowest BCUT2D eigenvalue weighted by Crippen LogP contribution is -2.10. The average molecular weight is 355 g/mol. The third-order valence-corrected chi connectivity index (χ3v) is 4.17. The minimum Gasteiger partial charge on any atom is -0.457 e. The first-order valence-corrected chi connectivity index (χ1v) is 8.42. The van der Waals surface area contributed by atoms with Gasteiger partial charge in [-0.2, -0.15) is 0 Å². The van der Waals surface area contributed by atoms with Gasteiger partial charge in [-0.3, -0.25) is 0 Å². The van der Waals surface area contributed by atoms with Crippen LogP contribution in [0.3, 0.4) is 0 Å². The number of nitrogens with zero attached hydrogens (tertiary/aromatic N) is 2. The number of aryl methyl sites for hydroxylation is 2. The van der Waals surface area contributed by atoms with Crippen molar-refractivity contribution in [2.45, 2.75) is 20.5 Å². The van der Waals surface area contributed by atoms with E-state index in [1.165, 1.54) is 11.3 Å². The molecule has 7 heteroatoms. The molecule has 0 saturated heterocycles. The number of esters is 1. The number of thiazole rings is 1. The molecule has 1 aromatic carbocycles. The highest BCUT2D eigenvalue weighted by Crippen LogP contribution is 2.26. The molecule has 2 heterocycles. The Morgan fingerprint density at radius 2 is 1.92 bits per heavy atom. The maximum absolute atomic E-state index is 12.1. The van der Waals surface area contributed by atoms with Crippen molar-refractivity contribution in [2.75, 3.05) is 5.73 Å². The van der Waals surface area contributed by atoms with Crippen LogP contribution >= 0.6 is 11.3 Å². The van der Waals surface area contributed by atoms with Crippen molar-refractivity contribution in [2.24, 2.45) is 0 Å². The van der Waals surface area contributed by atoms with Gasteiger partial charge >= 0.3 is 5.97 Å². The van der Waals surface area contributed by atoms with E-state index in [9.17, 15) is 4.79 Å². The number of aromatic nitrogens is 2. The lowest BCUT2D eigenvalue weighted by Gasteiger charge is -2.08. The molecule has 0 saturated carbocycles. The summed E-state index contributed by atoms with van der Waals surface area (Å²) in [5.74, 6) is 0.354. The third kappa shape index (κ3) is 4.33. The molecule has 0 atom stereocenters. The average Bonchev–Trinajstić information content (AvgIpc) is 2.99. The molecule has 25 heavy (non-hydrogen) atoms. The van der Waals surface area contributed by atoms with Gasteiger partial charge < -0.3 is 15.2 Å². The lowest BCUT2D eigenvalue weighted by atomic mass is 10.2. The second-order valence-electron chi connectivity index (χ2n) is 5.44. The number of anilines is 1. The van der Waals surface area contributed by atoms with Crippen molar-refractivity contribution >= 4 is 23.1 Å². The Morgan fingerprint density at radius 3 is 2.56 bits per heavy atom. The van der Waals surface area contributed by atoms with Gasteiger partial charge in [0, 0.05) is 16.8 Å². The van der Waals surface area contributed by atoms with Crippen LogP contribution < -0.4 is 10.5 Å². The van der Waals surface area contributed by atoms with E-state index < -0.39 is 5.97 Å². The van der Waals surface area contributed by atoms with Crippen LogP contribution in [0.15, 0.2) is 42.6 Å². The smallest absolute Gasteiger partial charge is 0.342 e. The maximum atomic E-state index is 12.1. The molecule has 0 aliphatic heterocycles. The fraction of sp³-hybridized carbons (Fsp3) is 0.167. The highest BCUT2D eigenvalue weighted by atomic mass is 32.1. The molecule has 0 fully saturated rings. The number of nitrogen functional groups attached to an aromatic ring is 1. The van der Waals surface area contributed by atoms with Crippen molar-refractivity contribution in [1.82, 2.24) is 9.97 Å². The van der Waals surface area contributed by atoms with Gasteiger partial charge in [-0.05, 0) is 43.7 Å². The van der Waals surface area contributed by atoms with Gasteiger partial charge in [0.15, 0.2) is 0 Å². The van der Waals surface area contributed by atoms with E-state index in [1.807, 2.05) is 38.1 Å². The predicted molar refractivity (Wildman–Crippen MR) is 95.9 cm³/mol. The lowest BCUT2D eigenvalue weighted by molar-refractivity contribution is 0.0473. The maximum Gasteiger partial charge on any atom is 0.342 e. The molecule has 0 amide bonds. The SMILES string of the molecule is Cc1ccc(C(=O)OCc2ccc(Oc3ncc(C)s3)cc2)c(N)n1. The van der Waals surface area contributed by atoms with Crippen molar-refractivity contribution in [1.29, 1.82) is 0 Å². The van der Waals surface area contributed by atoms with Gasteiger partial charge in [0.1, 0.15) is 23.7 Å². The second-order valence-corrected chi connectivity index (χ2v) is 6.64. The monoisotopic (exact) mass is 355 g/mol. The Hall–Kier alpha value is -2.93. The molecular weight excluding hydrogens is 338 g/mol. The normalized spacial score (nSPS) is 10.5. The molecule has 2 aromatic heterocycles. The van der Waals surface area contributed by atoms with E-state index in [4.69, 9.17) is 15.2 Å². The van der Waals surface area contributed by atoms with Crippen molar-refractivity contribution in [3.8, 4) is 10.9 Å². The molecular formula is C18H17N3O3S. The van der Waals surface area contributed by atoms with Crippen molar-refractivity contribution < 1.29 is 14.3 Å². The Morgan fingerprint density at radius 1 is 1.16 bits per heavy atom. The van der Waals surface area contributed by atoms with Gasteiger partial charge in [-0.15, -0.1) is 0 Å². The first-order valence-electron chi connectivity index (χ1n) is 7.61. The summed E-state index contributed by atoms with van der Waals surface area (Å²) in [7, 11) is 0. The summed E-state index contributed by atoms with van der Waals surface area (Å²) in [6.45, 7) is 3.92. The summed E-state index contributed by atoms with van der Waals surface area (Å²) < 4.78 is 10.9. The van der Waals surface area contributed by atoms with Crippen LogP contribution in [0.4, 0.5) is 5.82 Å². The number of pyridine rings is 1. The van der Waals surface area contributed by atoms with E-state index in [0.717, 1.165) is 16.1 Å². The number of carbonyl (C=O) groups excluding carboxylic acids is 1. The van der Waals surface area contributed by atoms with Crippen molar-refractivity contribution in [3.63, 3.8) is 0 Å². The standard InChI is InChI=1S/C18H17N3O3S/c1-11-3-8-15(16(19)21-11)17(22)23-10-13-4-6-14(7-5-13)24-18-20-9-12(2)25-18/h3-9H,10H2,1-2H3,(H2,19,21). The zero-order valence-electron chi connectivity index (χ0n) is 13.9. The summed E-state index contributed by atoms with van der Waals surface area (Å²) in [5.41, 5.74) is 7.61. The molecule has 3 aromatic rings. The van der Waals surface area contributed by atoms with Crippen LogP contribution in [0.25, 0.3) is 0 Å². The molecule has 3 rings (SSSR count). The minimum absolute atomic E-state index is 0.142. The van der Waals surface area contributed by atoms with E-state index in [-0.39, 0.29) is 18.0 Å². The van der Waals surface area contributed by atoms with Crippen molar-refractivity contribution in [3.05, 3.63) is 64.3 Å². The highest BCUT2D eigenvalue weighted by molar-refractivity contribution is 7.13. The Bertz CT molecular complexity index is 891. The Balaban J connectivity index is 1.59. The Labute approximate surface area is 149 Å². The number of ether oxygens (including phenoxy) is 2. The predicted octanol–water partition coefficient (Wildman–Crippen LogP) is 3.89. The number of carbonyl (C=O) groups is 1. The number of hydrogen-bond acceptors (Lipinski definition) is 7. The van der Waals surface area contributed by atoms with Gasteiger partial charge in [0.25, 0.3) is 5.19 Å². The zero-order valence-corrected chi connectivity index (χ0v) is 14.7. The van der Waals surface area contributed by atoms with Gasteiger partial charge in [-0.25, -0.2) is 14.8 Å². The molecule has 0 aliphatic carbocycles. The molecule has 0 spiro atoms. The number of rotatable bonds is 5. The molecule has 2 N–H and O–H groups in total. The summed E-state index contributed by atoms with van der Waals surface area (Å²) >= 11 is 1.48. The molecule has 128 valence electrons. The number of nitrogens with two attached hydrogens (primary N) is 1. The molecule has 0 unspecified atom stereocenters. The fourth-order valence-corrected chi connectivity index (χ4v) is 2.74. The first-order chi connectivity index (χ1) is 12.0. The molecule has 6 nitrogen and oxygen atoms in total. The van der Waals surface area contributed by atoms with E-state index in [0.29, 0.717) is 10.9 Å². The van der Waals surface area contributed by atoms with Crippen LogP contribution in [0.2, 0.25) is 0 Å². The van der Waals surface area contributed by atoms with Crippen LogP contribution in [0.1, 0.15) is 26.5 Å². The number of benzene rings is 1. The second kappa shape index (κ2) is 7.31. The summed E-state index contributed by atoms with van der Waals surface area (Å²) in [5, 5.41) is 0.596. The van der Waals surface area contributed by atoms with Gasteiger partial charge in [0.05, 0.1) is 0 Å². The summed E-state index contributed by atoms with van der Waals surface area (Å²) in [6, 6.07) is 10.6. The highest BCUT2D eigenvalue weighted by Gasteiger charge is 2.12. The quantitative estimate of drug-likeness (QED) is 0.699. The van der Waals surface area contributed by atoms with Crippen LogP contribution in [0.5, 0.6) is 10.9 Å². The molecule has 0 aliphatic rings. The third-order valence-electron chi connectivity index (χ3n) is 3.38. The van der Waals surface area contributed by atoms with Crippen LogP contribution in [-0.4, -0.2) is 15.9 Å².